The van der Waals surface area contributed by atoms with Crippen LogP contribution in [0.5, 0.6) is 103 Å². The molecule has 132 heavy (non-hydrogen) atoms. The van der Waals surface area contributed by atoms with Crippen molar-refractivity contribution in [3.63, 3.8) is 0 Å². The van der Waals surface area contributed by atoms with Crippen molar-refractivity contribution in [2.24, 2.45) is 0 Å². The van der Waals surface area contributed by atoms with E-state index < -0.39 is 90.1 Å². The average molecular weight is 2000 g/mol. The topological polar surface area (TPSA) is 575 Å². The molecule has 6 atom stereocenters. The summed E-state index contributed by atoms with van der Waals surface area (Å²) < 4.78 is 270. The molecule has 0 fully saturated rings. The van der Waals surface area contributed by atoms with Crippen LogP contribution in [0.2, 0.25) is 0 Å². The van der Waals surface area contributed by atoms with Crippen LogP contribution >= 0.6 is 0 Å². The Labute approximate surface area is 787 Å². The highest BCUT2D eigenvalue weighted by Crippen LogP contribution is 2.56. The highest BCUT2D eigenvalue weighted by atomic mass is 32.2. The Morgan fingerprint density at radius 3 is 0.667 bits per heavy atom. The van der Waals surface area contributed by atoms with Crippen LogP contribution in [0.3, 0.4) is 0 Å². The molecular weight excluding hydrogens is 1850 g/mol. The molecule has 6 aromatic rings. The summed E-state index contributed by atoms with van der Waals surface area (Å²) in [5.41, 5.74) is 4.33. The maximum absolute atomic E-state index is 11.7. The van der Waals surface area contributed by atoms with Crippen LogP contribution in [0.15, 0.2) is 29.4 Å². The molecule has 36 nitrogen and oxygen atoms in total. The van der Waals surface area contributed by atoms with Crippen molar-refractivity contribution in [3.05, 3.63) is 104 Å². The smallest absolute Gasteiger partial charge is 0.182 e. The van der Waals surface area contributed by atoms with Crippen molar-refractivity contribution in [2.45, 2.75) is 274 Å². The number of aromatic hydroxyl groups is 6. The van der Waals surface area contributed by atoms with Gasteiger partial charge in [-0.3, -0.25) is 0 Å². The minimum absolute atomic E-state index is 0. The molecule has 0 saturated carbocycles. The Kier molecular flexibility index (Phi) is 57.2. The van der Waals surface area contributed by atoms with Crippen molar-refractivity contribution in [2.75, 3.05) is 85.3 Å². The highest BCUT2D eigenvalue weighted by molar-refractivity contribution is 7.87. The van der Waals surface area contributed by atoms with Crippen LogP contribution in [0.4, 0.5) is 0 Å². The van der Waals surface area contributed by atoms with Gasteiger partial charge in [-0.2, -0.15) is 0 Å². The van der Waals surface area contributed by atoms with E-state index in [1.165, 1.54) is 92.2 Å². The lowest BCUT2D eigenvalue weighted by Crippen LogP contribution is -2.12. The van der Waals surface area contributed by atoms with E-state index >= 15 is 0 Å². The maximum atomic E-state index is 11.7. The molecule has 6 aromatic carbocycles. The molecule has 0 spiro atoms. The molecule has 0 aliphatic rings. The van der Waals surface area contributed by atoms with Gasteiger partial charge in [0.2, 0.25) is 0 Å². The molecule has 758 valence electrons. The Morgan fingerprint density at radius 1 is 0.235 bits per heavy atom. The number of benzene rings is 6. The van der Waals surface area contributed by atoms with E-state index in [4.69, 9.17) is 56.8 Å². The summed E-state index contributed by atoms with van der Waals surface area (Å²) >= 11 is 0. The summed E-state index contributed by atoms with van der Waals surface area (Å²) in [7, 11) is -13.4. The standard InChI is InChI=1S/2C15H24O6S.2C14H22O6S.2C13H20O6S.CH4.5CH3/c1-6-8-10-12(16)13(20-4)11(9(3)7-2)14(21-5)15(10)22(17,18)19;1-6-8-10-11(9(3)7-2)13(20-4)15(22(17,18)19)14(21-5)12(10)16;1-6-8(3)10-12(19-4)11(15)9(7-2)14(13(10)20-5)21(16,17)18;1-6-8(3)10-9(7-2)11(15)13(20-5)14(12(10)19-4)21(16,17)18;1-6-7(2)9-11(18-4)10(14)8(3)13(12(9)19-5)20(15,16)17;1-6-7(2)9-8(3)10(14)12(19-5)13(11(9)18-4)20(15,16)17;;;;;;/h2*9,16H,6-8H2,1-5H3,(H,17,18,19);2*8,15H,6-7H2,1-5H3,(H,16,17,18);2*7,14H,6H2,1-5H3,(H,15,16,17);1H4;5*1H3/q;;;;;;;5*+1/p-6. The Bertz CT molecular complexity index is 5340. The number of phenols is 6. The largest absolute Gasteiger partial charge is 0.744 e. The summed E-state index contributed by atoms with van der Waals surface area (Å²) in [5, 5.41) is 61.6. The number of ether oxygens (including phenoxy) is 12. The van der Waals surface area contributed by atoms with Crippen LogP contribution in [-0.2, 0) is 86.4 Å². The van der Waals surface area contributed by atoms with Gasteiger partial charge in [0, 0.05) is 104 Å². The maximum Gasteiger partial charge on any atom is 0.182 e. The number of hydrogen-bond acceptors (Lipinski definition) is 36. The molecule has 6 N–H and O–H groups in total. The molecule has 0 bridgehead atoms. The second-order valence-electron chi connectivity index (χ2n) is 28.9. The third-order valence-electron chi connectivity index (χ3n) is 21.4. The summed E-state index contributed by atoms with van der Waals surface area (Å²) in [6.07, 6.45) is 6.77. The summed E-state index contributed by atoms with van der Waals surface area (Å²) in [6.45, 7) is 32.8. The Hall–Kier alpha value is -9.47. The van der Waals surface area contributed by atoms with Crippen LogP contribution < -0.4 is 56.8 Å². The van der Waals surface area contributed by atoms with Gasteiger partial charge in [-0.1, -0.05) is 131 Å². The van der Waals surface area contributed by atoms with Crippen molar-refractivity contribution in [1.29, 1.82) is 0 Å². The molecule has 0 radical (unpaired) electrons. The monoisotopic (exact) mass is 1990 g/mol. The van der Waals surface area contributed by atoms with Gasteiger partial charge < -0.3 is 115 Å². The number of rotatable bonds is 36. The SMILES string of the molecule is C.CCC(C)c1c(C)c(O)c(OC)c(S(=O)(=O)[O-])c1OC.CCC(C)c1c(OC)c(O)c(C)c(S(=O)(=O)[O-])c1OC.CCCc1c(O)c(OC)c(C(C)CC)c(OC)c1S(=O)(=O)[O-].CCCc1c(O)c(OC)c(S(=O)(=O)[O-])c(OC)c1C(C)CC.CCc1c(O)c(OC)c(C(C)CC)c(OC)c1S(=O)(=O)[O-].CCc1c(O)c(OC)c(S(=O)(=O)[O-])c(OC)c1C(C)CC.[CH3+].[CH3+].[CH3+].[CH3+].[CH3+]. The molecular formula is C90H145O36S6-. The van der Waals surface area contributed by atoms with Gasteiger partial charge in [0.05, 0.1) is 85.3 Å². The molecule has 0 aliphatic carbocycles. The molecule has 0 heterocycles. The minimum atomic E-state index is -4.87. The van der Waals surface area contributed by atoms with Gasteiger partial charge in [0.1, 0.15) is 125 Å². The van der Waals surface area contributed by atoms with Gasteiger partial charge >= 0.3 is 0 Å². The first-order chi connectivity index (χ1) is 58.4. The second kappa shape index (κ2) is 56.7. The van der Waals surface area contributed by atoms with E-state index in [1.54, 1.807) is 13.8 Å². The minimum Gasteiger partial charge on any atom is -0.744 e. The molecule has 42 heteroatoms. The van der Waals surface area contributed by atoms with E-state index in [2.05, 4.69) is 0 Å². The van der Waals surface area contributed by atoms with Crippen molar-refractivity contribution >= 4 is 60.7 Å². The number of methoxy groups -OCH3 is 12. The van der Waals surface area contributed by atoms with Crippen molar-refractivity contribution in [1.82, 2.24) is 0 Å². The van der Waals surface area contributed by atoms with Crippen LogP contribution in [0.25, 0.3) is 0 Å². The predicted octanol–water partition coefficient (Wildman–Crippen LogP) is 17.5. The molecule has 0 aliphatic heterocycles. The molecule has 0 amide bonds. The predicted molar refractivity (Wildman–Crippen MR) is 502 cm³/mol. The fourth-order valence-corrected chi connectivity index (χ4v) is 19.6. The van der Waals surface area contributed by atoms with Crippen LogP contribution in [0.1, 0.15) is 272 Å². The summed E-state index contributed by atoms with van der Waals surface area (Å²) in [5.74, 6) is -3.43. The van der Waals surface area contributed by atoms with Crippen molar-refractivity contribution in [3.8, 4) is 103 Å². The summed E-state index contributed by atoms with van der Waals surface area (Å²) in [6, 6.07) is 0. The fraction of sp³-hybridized carbons (Fsp3) is 0.544. The molecule has 0 saturated heterocycles. The highest BCUT2D eigenvalue weighted by Gasteiger charge is 2.37. The zero-order valence-electron chi connectivity index (χ0n) is 82.3. The first-order valence-electron chi connectivity index (χ1n) is 40.0. The third-order valence-corrected chi connectivity index (χ3v) is 26.9. The summed E-state index contributed by atoms with van der Waals surface area (Å²) in [4.78, 5) is -3.44. The van der Waals surface area contributed by atoms with Crippen LogP contribution in [-0.4, -0.2) is 194 Å². The van der Waals surface area contributed by atoms with E-state index in [0.717, 1.165) is 6.42 Å². The van der Waals surface area contributed by atoms with Gasteiger partial charge in [-0.15, -0.1) is 0 Å². The molecule has 6 rings (SSSR count). The lowest BCUT2D eigenvalue weighted by Gasteiger charge is -2.26. The van der Waals surface area contributed by atoms with E-state index in [-0.39, 0.29) is 213 Å². The van der Waals surface area contributed by atoms with Crippen LogP contribution in [0, 0.1) is 51.0 Å². The van der Waals surface area contributed by atoms with Gasteiger partial charge in [0.25, 0.3) is 0 Å². The lowest BCUT2D eigenvalue weighted by molar-refractivity contribution is 0.334. The zero-order valence-corrected chi connectivity index (χ0v) is 87.2. The first-order valence-corrected chi connectivity index (χ1v) is 48.5. The van der Waals surface area contributed by atoms with E-state index in [9.17, 15) is 108 Å². The fourth-order valence-electron chi connectivity index (χ4n) is 14.3. The lowest BCUT2D eigenvalue weighted by atomic mass is 9.89. The van der Waals surface area contributed by atoms with Crippen molar-refractivity contribution < 1.29 is 165 Å². The third kappa shape index (κ3) is 29.8. The normalized spacial score (nSPS) is 12.5. The van der Waals surface area contributed by atoms with Gasteiger partial charge in [-0.05, 0) is 114 Å². The molecule has 0 aromatic heterocycles. The van der Waals surface area contributed by atoms with E-state index in [1.807, 2.05) is 104 Å². The Balaban J connectivity index is -0.000000358. The molecule has 6 unspecified atom stereocenters. The average Bonchev–Trinajstić information content (AvgIpc) is 0.775. The Morgan fingerprint density at radius 2 is 0.417 bits per heavy atom. The van der Waals surface area contributed by atoms with Gasteiger partial charge in [0.15, 0.2) is 69.0 Å². The second-order valence-corrected chi connectivity index (χ2v) is 36.8. The zero-order chi connectivity index (χ0) is 98.2. The van der Waals surface area contributed by atoms with E-state index in [0.29, 0.717) is 108 Å². The quantitative estimate of drug-likeness (QED) is 0.0157. The number of hydrogen-bond donors (Lipinski definition) is 6. The number of phenolic OH excluding ortho intramolecular Hbond substituents is 6. The first kappa shape index (κ1) is 133. The van der Waals surface area contributed by atoms with Gasteiger partial charge in [-0.25, -0.2) is 50.5 Å².